The molecule has 0 saturated heterocycles. The zero-order chi connectivity index (χ0) is 9.52. The van der Waals surface area contributed by atoms with Crippen LogP contribution in [0.25, 0.3) is 0 Å². The Labute approximate surface area is 73.1 Å². The third kappa shape index (κ3) is 0.961. The molecule has 0 saturated carbocycles. The van der Waals surface area contributed by atoms with Crippen molar-refractivity contribution < 1.29 is 9.85 Å². The van der Waals surface area contributed by atoms with E-state index in [1.807, 2.05) is 20.8 Å². The molecule has 0 radical (unpaired) electrons. The lowest BCUT2D eigenvalue weighted by atomic mass is 10.1. The van der Waals surface area contributed by atoms with Crippen LogP contribution in [0.5, 0.6) is 0 Å². The third-order valence-corrected chi connectivity index (χ3v) is 3.16. The zero-order valence-corrected chi connectivity index (χ0v) is 8.00. The number of hydrogen-bond acceptors (Lipinski definition) is 2. The number of likely N-dealkylation sites (N-methyl/N-ethyl adjacent to an activating group) is 1. The number of rotatable bonds is 0. The van der Waals surface area contributed by atoms with E-state index in [9.17, 15) is 5.21 Å². The molecule has 12 heavy (non-hydrogen) atoms. The van der Waals surface area contributed by atoms with Crippen molar-refractivity contribution in [3.05, 3.63) is 11.1 Å². The third-order valence-electron chi connectivity index (χ3n) is 3.16. The summed E-state index contributed by atoms with van der Waals surface area (Å²) < 4.78 is -0.0886. The maximum absolute atomic E-state index is 9.95. The van der Waals surface area contributed by atoms with Gasteiger partial charge < -0.3 is 0 Å². The summed E-state index contributed by atoms with van der Waals surface area (Å²) >= 11 is 0. The summed E-state index contributed by atoms with van der Waals surface area (Å²) in [7, 11) is 1.74. The van der Waals surface area contributed by atoms with E-state index in [4.69, 9.17) is 5.26 Å². The average Bonchev–Trinajstić information content (AvgIpc) is 2.15. The molecule has 0 aromatic carbocycles. The van der Waals surface area contributed by atoms with Crippen LogP contribution in [-0.4, -0.2) is 29.0 Å². The van der Waals surface area contributed by atoms with Gasteiger partial charge >= 0.3 is 0 Å². The van der Waals surface area contributed by atoms with Crippen LogP contribution in [0.4, 0.5) is 0 Å². The van der Waals surface area contributed by atoms with Crippen molar-refractivity contribution in [3.63, 3.8) is 0 Å². The summed E-state index contributed by atoms with van der Waals surface area (Å²) in [5.74, 6) is 0. The highest BCUT2D eigenvalue weighted by Gasteiger charge is 2.45. The van der Waals surface area contributed by atoms with Crippen molar-refractivity contribution in [2.24, 2.45) is 0 Å². The van der Waals surface area contributed by atoms with E-state index in [1.54, 1.807) is 7.05 Å². The van der Waals surface area contributed by atoms with Crippen LogP contribution in [0.2, 0.25) is 0 Å². The quantitative estimate of drug-likeness (QED) is 0.555. The molecule has 0 spiro atoms. The van der Waals surface area contributed by atoms with E-state index in [-0.39, 0.29) is 16.7 Å². The van der Waals surface area contributed by atoms with Gasteiger partial charge in [-0.25, -0.2) is 5.21 Å². The minimum absolute atomic E-state index is 0.0367. The second kappa shape index (κ2) is 2.58. The van der Waals surface area contributed by atoms with Gasteiger partial charge in [0.1, 0.15) is 12.1 Å². The van der Waals surface area contributed by atoms with E-state index < -0.39 is 0 Å². The summed E-state index contributed by atoms with van der Waals surface area (Å²) in [6.07, 6.45) is 0. The van der Waals surface area contributed by atoms with Gasteiger partial charge in [-0.05, 0) is 20.8 Å². The number of nitrogens with zero attached hydrogens (tertiary/aromatic N) is 2. The predicted molar refractivity (Wildman–Crippen MR) is 45.2 cm³/mol. The molecule has 66 valence electrons. The van der Waals surface area contributed by atoms with Gasteiger partial charge in [-0.3, -0.25) is 0 Å². The van der Waals surface area contributed by atoms with Crippen LogP contribution in [0.3, 0.4) is 0 Å². The molecular weight excluding hydrogens is 152 g/mol. The van der Waals surface area contributed by atoms with E-state index in [2.05, 4.69) is 6.07 Å². The van der Waals surface area contributed by atoms with Gasteiger partial charge in [-0.15, -0.1) is 0 Å². The van der Waals surface area contributed by atoms with E-state index in [0.29, 0.717) is 0 Å². The summed E-state index contributed by atoms with van der Waals surface area (Å²) in [6, 6.07) is 2.10. The normalized spacial score (nSPS) is 41.7. The molecule has 0 aromatic heterocycles. The molecule has 3 nitrogen and oxygen atoms in total. The number of quaternary nitrogens is 1. The van der Waals surface area contributed by atoms with Gasteiger partial charge in [0.15, 0.2) is 6.04 Å². The molecule has 0 aliphatic carbocycles. The van der Waals surface area contributed by atoms with Crippen LogP contribution in [-0.2, 0) is 0 Å². The van der Waals surface area contributed by atoms with Gasteiger partial charge in [0.2, 0.25) is 0 Å². The summed E-state index contributed by atoms with van der Waals surface area (Å²) in [5, 5.41) is 18.8. The lowest BCUT2D eigenvalue weighted by Crippen LogP contribution is -2.50. The Morgan fingerprint density at radius 1 is 1.42 bits per heavy atom. The van der Waals surface area contributed by atoms with Gasteiger partial charge in [0.25, 0.3) is 0 Å². The smallest absolute Gasteiger partial charge is 0.152 e. The molecule has 0 fully saturated rings. The van der Waals surface area contributed by atoms with Crippen molar-refractivity contribution in [2.45, 2.75) is 32.9 Å². The van der Waals surface area contributed by atoms with Crippen LogP contribution in [0, 0.1) is 11.3 Å². The van der Waals surface area contributed by atoms with E-state index >= 15 is 0 Å². The maximum Gasteiger partial charge on any atom is 0.152 e. The fourth-order valence-electron chi connectivity index (χ4n) is 1.72. The molecule has 0 aromatic rings. The predicted octanol–water partition coefficient (Wildman–Crippen LogP) is 1.45. The van der Waals surface area contributed by atoms with Crippen molar-refractivity contribution in [3.8, 4) is 6.07 Å². The van der Waals surface area contributed by atoms with Gasteiger partial charge in [-0.1, -0.05) is 0 Å². The minimum Gasteiger partial charge on any atom is -0.216 e. The fourth-order valence-corrected chi connectivity index (χ4v) is 1.72. The molecule has 1 rings (SSSR count). The standard InChI is InChI=1S/C9H15N2O/c1-6-7(2)11(4,12)8(3)9(6)5-10/h7-8,12H,1-4H3/q+1. The second-order valence-electron chi connectivity index (χ2n) is 3.66. The van der Waals surface area contributed by atoms with Crippen molar-refractivity contribution >= 4 is 0 Å². The first-order chi connectivity index (χ1) is 5.42. The number of nitriles is 1. The lowest BCUT2D eigenvalue weighted by molar-refractivity contribution is -1.11. The highest BCUT2D eigenvalue weighted by atomic mass is 16.5. The average molecular weight is 167 g/mol. The zero-order valence-electron chi connectivity index (χ0n) is 8.00. The van der Waals surface area contributed by atoms with E-state index in [1.165, 1.54) is 0 Å². The first kappa shape index (κ1) is 9.24. The Morgan fingerprint density at radius 2 is 1.92 bits per heavy atom. The van der Waals surface area contributed by atoms with Crippen LogP contribution >= 0.6 is 0 Å². The van der Waals surface area contributed by atoms with Crippen LogP contribution in [0.15, 0.2) is 11.1 Å². The number of hydrogen-bond donors (Lipinski definition) is 1. The summed E-state index contributed by atoms with van der Waals surface area (Å²) in [4.78, 5) is 0. The fraction of sp³-hybridized carbons (Fsp3) is 0.667. The van der Waals surface area contributed by atoms with Crippen LogP contribution < -0.4 is 0 Å². The molecule has 3 unspecified atom stereocenters. The maximum atomic E-state index is 9.95. The molecule has 1 N–H and O–H groups in total. The monoisotopic (exact) mass is 167 g/mol. The topological polar surface area (TPSA) is 44.0 Å². The molecule has 3 heteroatoms. The first-order valence-electron chi connectivity index (χ1n) is 4.12. The van der Waals surface area contributed by atoms with Gasteiger partial charge in [-0.2, -0.15) is 9.91 Å². The molecule has 0 amide bonds. The van der Waals surface area contributed by atoms with Crippen molar-refractivity contribution in [1.29, 1.82) is 5.26 Å². The summed E-state index contributed by atoms with van der Waals surface area (Å²) in [5.41, 5.74) is 1.74. The molecule has 3 atom stereocenters. The first-order valence-corrected chi connectivity index (χ1v) is 4.12. The molecule has 0 bridgehead atoms. The largest absolute Gasteiger partial charge is 0.216 e. The van der Waals surface area contributed by atoms with Gasteiger partial charge in [0.05, 0.1) is 12.6 Å². The Bertz CT molecular complexity index is 273. The lowest BCUT2D eigenvalue weighted by Gasteiger charge is -2.30. The SMILES string of the molecule is CC1=C(C#N)C(C)[N+](C)(O)C1C. The molecule has 1 aliphatic heterocycles. The Kier molecular flexibility index (Phi) is 1.99. The second-order valence-corrected chi connectivity index (χ2v) is 3.66. The Balaban J connectivity index is 3.13. The van der Waals surface area contributed by atoms with Crippen molar-refractivity contribution in [1.82, 2.24) is 0 Å². The highest BCUT2D eigenvalue weighted by molar-refractivity contribution is 5.34. The molecular formula is C9H15N2O+. The molecule has 1 heterocycles. The van der Waals surface area contributed by atoms with E-state index in [0.717, 1.165) is 11.1 Å². The van der Waals surface area contributed by atoms with Crippen LogP contribution in [0.1, 0.15) is 20.8 Å². The summed E-state index contributed by atoms with van der Waals surface area (Å²) in [6.45, 7) is 5.74. The Hall–Kier alpha value is -0.850. The molecule has 1 aliphatic rings. The number of hydroxylamine groups is 3. The Morgan fingerprint density at radius 3 is 2.08 bits per heavy atom. The highest BCUT2D eigenvalue weighted by Crippen LogP contribution is 2.33. The minimum atomic E-state index is -0.0926. The van der Waals surface area contributed by atoms with Crippen molar-refractivity contribution in [2.75, 3.05) is 7.05 Å². The van der Waals surface area contributed by atoms with Gasteiger partial charge in [0, 0.05) is 5.57 Å².